The van der Waals surface area contributed by atoms with E-state index in [4.69, 9.17) is 19.5 Å². The lowest BCUT2D eigenvalue weighted by molar-refractivity contribution is 0.0663. The lowest BCUT2D eigenvalue weighted by Gasteiger charge is -2.25. The molecule has 0 spiro atoms. The topological polar surface area (TPSA) is 73.6 Å². The molecule has 6 rings (SSSR count). The average molecular weight is 599 g/mol. The highest BCUT2D eigenvalue weighted by Crippen LogP contribution is 2.32. The molecule has 2 aromatic carbocycles. The van der Waals surface area contributed by atoms with Gasteiger partial charge in [-0.1, -0.05) is 28.1 Å². The summed E-state index contributed by atoms with van der Waals surface area (Å²) in [5.74, 6) is 0.563. The van der Waals surface area contributed by atoms with Crippen molar-refractivity contribution >= 4 is 38.3 Å². The Kier molecular flexibility index (Phi) is 7.80. The van der Waals surface area contributed by atoms with Gasteiger partial charge in [0.15, 0.2) is 0 Å². The van der Waals surface area contributed by atoms with Gasteiger partial charge in [0.25, 0.3) is 0 Å². The Bertz CT molecular complexity index is 1660. The van der Waals surface area contributed by atoms with E-state index in [1.807, 2.05) is 25.1 Å². The molecule has 1 saturated carbocycles. The van der Waals surface area contributed by atoms with E-state index in [1.165, 1.54) is 0 Å². The first-order valence-corrected chi connectivity index (χ1v) is 14.5. The number of para-hydroxylation sites is 2. The summed E-state index contributed by atoms with van der Waals surface area (Å²) >= 11 is 3.58. The number of anilines is 2. The van der Waals surface area contributed by atoms with Crippen LogP contribution in [-0.4, -0.2) is 40.4 Å². The maximum Gasteiger partial charge on any atom is 0.237 e. The molecular formula is C32H32BrN5O2. The van der Waals surface area contributed by atoms with Crippen LogP contribution in [0.4, 0.5) is 11.4 Å². The summed E-state index contributed by atoms with van der Waals surface area (Å²) < 4.78 is 14.7. The second-order valence-electron chi connectivity index (χ2n) is 9.98. The second-order valence-corrected chi connectivity index (χ2v) is 10.9. The summed E-state index contributed by atoms with van der Waals surface area (Å²) in [4.78, 5) is 14.8. The Morgan fingerprint density at radius 1 is 0.975 bits per heavy atom. The Balaban J connectivity index is 1.57. The van der Waals surface area contributed by atoms with E-state index in [9.17, 15) is 0 Å². The van der Waals surface area contributed by atoms with Crippen molar-refractivity contribution in [1.29, 1.82) is 0 Å². The number of halogens is 1. The zero-order chi connectivity index (χ0) is 27.5. The normalized spacial score (nSPS) is 17.8. The minimum Gasteiger partial charge on any atom is -0.476 e. The van der Waals surface area contributed by atoms with Crippen LogP contribution in [0.1, 0.15) is 32.6 Å². The van der Waals surface area contributed by atoms with Gasteiger partial charge in [-0.25, -0.2) is 9.97 Å². The van der Waals surface area contributed by atoms with Crippen molar-refractivity contribution in [1.82, 2.24) is 14.5 Å². The number of benzene rings is 3. The molecule has 1 aromatic heterocycles. The third kappa shape index (κ3) is 5.46. The highest BCUT2D eigenvalue weighted by molar-refractivity contribution is 9.10. The van der Waals surface area contributed by atoms with Crippen molar-refractivity contribution in [3.8, 4) is 23.0 Å². The Hall–Kier alpha value is -3.75. The molecule has 0 atom stereocenters. The molecule has 0 saturated heterocycles. The molecule has 204 valence electrons. The Morgan fingerprint density at radius 2 is 1.77 bits per heavy atom. The van der Waals surface area contributed by atoms with Crippen LogP contribution in [-0.2, 0) is 4.74 Å². The van der Waals surface area contributed by atoms with Crippen LogP contribution in [0.5, 0.6) is 5.88 Å². The fourth-order valence-corrected chi connectivity index (χ4v) is 5.67. The van der Waals surface area contributed by atoms with Crippen LogP contribution in [0.3, 0.4) is 0 Å². The van der Waals surface area contributed by atoms with Gasteiger partial charge in [-0.05, 0) is 93.3 Å². The van der Waals surface area contributed by atoms with Crippen LogP contribution in [0.2, 0.25) is 0 Å². The molecular weight excluding hydrogens is 566 g/mol. The van der Waals surface area contributed by atoms with Gasteiger partial charge in [0.2, 0.25) is 5.88 Å². The smallest absolute Gasteiger partial charge is 0.237 e. The van der Waals surface area contributed by atoms with Crippen LogP contribution in [0.25, 0.3) is 28.1 Å². The average Bonchev–Trinajstić information content (AvgIpc) is 2.98. The van der Waals surface area contributed by atoms with Crippen molar-refractivity contribution in [3.05, 3.63) is 88.8 Å². The number of nitrogens with one attached hydrogen (secondary N) is 1. The van der Waals surface area contributed by atoms with E-state index >= 15 is 0 Å². The highest BCUT2D eigenvalue weighted by Gasteiger charge is 2.22. The Morgan fingerprint density at radius 3 is 2.55 bits per heavy atom. The minimum atomic E-state index is 0.221. The van der Waals surface area contributed by atoms with Gasteiger partial charge in [0.1, 0.15) is 5.69 Å². The van der Waals surface area contributed by atoms with Gasteiger partial charge >= 0.3 is 0 Å². The van der Waals surface area contributed by atoms with Crippen LogP contribution in [0, 0.1) is 0 Å². The standard InChI is InChI=1S/C32H32BrN5O2/c1-3-40-32-26(8-6-18-34-32)37-27-19-29-31(20-28(27)35-22-12-16-24(39-2)17-13-22)38(23-14-10-21(33)11-15-23)30-9-5-4-7-25(30)36-29/h4-11,14-15,18-20,22,24,37H,3,12-13,16-17H2,1-2H3. The molecule has 2 heterocycles. The third-order valence-electron chi connectivity index (χ3n) is 7.40. The van der Waals surface area contributed by atoms with Gasteiger partial charge in [0, 0.05) is 23.5 Å². The number of fused-ring (bicyclic) bond motifs is 2. The van der Waals surface area contributed by atoms with Crippen molar-refractivity contribution < 1.29 is 9.47 Å². The number of rotatable bonds is 7. The van der Waals surface area contributed by atoms with Gasteiger partial charge in [0.05, 0.1) is 52.2 Å². The quantitative estimate of drug-likeness (QED) is 0.199. The van der Waals surface area contributed by atoms with Crippen LogP contribution >= 0.6 is 15.9 Å². The summed E-state index contributed by atoms with van der Waals surface area (Å²) in [6.07, 6.45) is 6.09. The van der Waals surface area contributed by atoms with E-state index < -0.39 is 0 Å². The highest BCUT2D eigenvalue weighted by atomic mass is 79.9. The second kappa shape index (κ2) is 11.8. The first-order valence-electron chi connectivity index (χ1n) is 13.8. The van der Waals surface area contributed by atoms with E-state index in [0.717, 1.165) is 75.0 Å². The fraction of sp³-hybridized carbons (Fsp3) is 0.281. The number of hydrogen-bond acceptors (Lipinski definition) is 6. The van der Waals surface area contributed by atoms with E-state index in [-0.39, 0.29) is 6.04 Å². The predicted molar refractivity (Wildman–Crippen MR) is 163 cm³/mol. The lowest BCUT2D eigenvalue weighted by Crippen LogP contribution is -2.25. The summed E-state index contributed by atoms with van der Waals surface area (Å²) in [7, 11) is 1.80. The monoisotopic (exact) mass is 597 g/mol. The summed E-state index contributed by atoms with van der Waals surface area (Å²) in [6.45, 7) is 2.49. The maximum atomic E-state index is 5.81. The zero-order valence-corrected chi connectivity index (χ0v) is 24.3. The van der Waals surface area contributed by atoms with E-state index in [2.05, 4.69) is 85.4 Å². The van der Waals surface area contributed by atoms with Gasteiger partial charge in [-0.15, -0.1) is 0 Å². The molecule has 1 fully saturated rings. The first kappa shape index (κ1) is 26.5. The molecule has 2 aliphatic carbocycles. The molecule has 7 nitrogen and oxygen atoms in total. The summed E-state index contributed by atoms with van der Waals surface area (Å²) in [5, 5.41) is 4.47. The van der Waals surface area contributed by atoms with Crippen LogP contribution in [0.15, 0.2) is 88.5 Å². The number of methoxy groups -OCH3 is 1. The van der Waals surface area contributed by atoms with Gasteiger partial charge in [-0.3, -0.25) is 4.99 Å². The molecule has 1 N–H and O–H groups in total. The number of ether oxygens (including phenoxy) is 2. The maximum absolute atomic E-state index is 5.81. The number of hydrogen-bond donors (Lipinski definition) is 1. The SMILES string of the molecule is CCOc1ncccc1Nc1cc2nc3ccccc3n(-c3ccc(Br)cc3)c-2cc1=NC1CCC(OC)CC1. The van der Waals surface area contributed by atoms with Crippen molar-refractivity contribution in [3.63, 3.8) is 0 Å². The summed E-state index contributed by atoms with van der Waals surface area (Å²) in [6, 6.07) is 25.0. The fourth-order valence-electron chi connectivity index (χ4n) is 5.41. The molecule has 0 radical (unpaired) electrons. The largest absolute Gasteiger partial charge is 0.476 e. The first-order chi connectivity index (χ1) is 19.6. The van der Waals surface area contributed by atoms with E-state index in [1.54, 1.807) is 13.3 Å². The minimum absolute atomic E-state index is 0.221. The number of aromatic nitrogens is 3. The van der Waals surface area contributed by atoms with Gasteiger partial charge < -0.3 is 19.4 Å². The molecule has 3 aliphatic rings. The van der Waals surface area contributed by atoms with Gasteiger partial charge in [-0.2, -0.15) is 0 Å². The molecule has 1 aliphatic heterocycles. The Labute approximate surface area is 242 Å². The number of nitrogens with zero attached hydrogens (tertiary/aromatic N) is 4. The van der Waals surface area contributed by atoms with Crippen molar-refractivity contribution in [2.24, 2.45) is 4.99 Å². The third-order valence-corrected chi connectivity index (χ3v) is 7.93. The predicted octanol–water partition coefficient (Wildman–Crippen LogP) is 7.29. The zero-order valence-electron chi connectivity index (χ0n) is 22.7. The molecule has 0 unspecified atom stereocenters. The molecule has 3 aromatic rings. The van der Waals surface area contributed by atoms with Crippen molar-refractivity contribution in [2.75, 3.05) is 19.0 Å². The molecule has 8 heteroatoms. The summed E-state index contributed by atoms with van der Waals surface area (Å²) in [5.41, 5.74) is 6.55. The molecule has 40 heavy (non-hydrogen) atoms. The van der Waals surface area contributed by atoms with E-state index in [0.29, 0.717) is 18.6 Å². The lowest BCUT2D eigenvalue weighted by atomic mass is 9.93. The number of pyridine rings is 1. The van der Waals surface area contributed by atoms with Crippen molar-refractivity contribution in [2.45, 2.75) is 44.8 Å². The molecule has 0 amide bonds. The van der Waals surface area contributed by atoms with Crippen LogP contribution < -0.4 is 15.4 Å². The molecule has 0 bridgehead atoms.